The van der Waals surface area contributed by atoms with Crippen LogP contribution in [0.1, 0.15) is 266 Å². The number of aliphatic hydroxyl groups excluding tert-OH is 3. The van der Waals surface area contributed by atoms with E-state index in [0.717, 1.165) is 82.1 Å². The molecule has 16 nitrogen and oxygen atoms in total. The maximum absolute atomic E-state index is 13.8. The number of halogens is 10. The summed E-state index contributed by atoms with van der Waals surface area (Å²) >= 11 is 29.8. The van der Waals surface area contributed by atoms with E-state index in [4.69, 9.17) is 78.2 Å². The van der Waals surface area contributed by atoms with Crippen LogP contribution in [0, 0.1) is 40.9 Å². The number of allylic oxidation sites excluding steroid dienone is 1. The molecule has 728 valence electrons. The molecule has 4 unspecified atom stereocenters. The van der Waals surface area contributed by atoms with E-state index in [1.807, 2.05) is 63.2 Å². The van der Waals surface area contributed by atoms with E-state index < -0.39 is 51.5 Å². The molecule has 6 aliphatic rings. The van der Waals surface area contributed by atoms with Gasteiger partial charge in [0.2, 0.25) is 0 Å². The van der Waals surface area contributed by atoms with Crippen LogP contribution in [-0.4, -0.2) is 105 Å². The molecule has 17 rings (SSSR count). The van der Waals surface area contributed by atoms with Crippen molar-refractivity contribution < 1.29 is 72.0 Å². The topological polar surface area (TPSA) is 268 Å². The summed E-state index contributed by atoms with van der Waals surface area (Å²) in [6.07, 6.45) is 11.0. The number of nitrogens with zero attached hydrogens (tertiary/aromatic N) is 5. The van der Waals surface area contributed by atoms with E-state index in [-0.39, 0.29) is 102 Å². The highest BCUT2D eigenvalue weighted by Crippen LogP contribution is 2.53. The van der Waals surface area contributed by atoms with E-state index in [1.54, 1.807) is 102 Å². The molecule has 5 aromatic heterocycles. The third-order valence-corrected chi connectivity index (χ3v) is 30.0. The fourth-order valence-corrected chi connectivity index (χ4v) is 20.1. The third-order valence-electron chi connectivity index (χ3n) is 28.6. The molecular weight excluding hydrogens is 1850 g/mol. The molecule has 0 bridgehead atoms. The smallest absolute Gasteiger partial charge is 0.163 e. The lowest BCUT2D eigenvalue weighted by molar-refractivity contribution is 0.0253. The first kappa shape index (κ1) is 105. The molecule has 6 fully saturated rings. The van der Waals surface area contributed by atoms with E-state index in [1.165, 1.54) is 66.4 Å². The Kier molecular flexibility index (Phi) is 31.9. The van der Waals surface area contributed by atoms with Crippen LogP contribution >= 0.6 is 58.0 Å². The monoisotopic (exact) mass is 1970 g/mol. The number of Topliss-reactive ketones (excluding diaryl/α,β-unsaturated/α-hetero) is 1. The Morgan fingerprint density at radius 2 is 0.701 bits per heavy atom. The number of hydrogen-bond acceptors (Lipinski definition) is 16. The lowest BCUT2D eigenvalue weighted by Gasteiger charge is -2.45. The Labute approximate surface area is 825 Å². The maximum Gasteiger partial charge on any atom is 0.163 e. The zero-order valence-corrected chi connectivity index (χ0v) is 84.1. The maximum atomic E-state index is 13.8. The van der Waals surface area contributed by atoms with Crippen molar-refractivity contribution in [3.63, 3.8) is 0 Å². The normalized spacial score (nSPS) is 24.1. The number of aromatic nitrogens is 5. The minimum absolute atomic E-state index is 0.0158. The largest absolute Gasteiger partial charge is 0.493 e. The van der Waals surface area contributed by atoms with Gasteiger partial charge in [-0.15, -0.1) is 0 Å². The Balaban J connectivity index is 0.000000147. The summed E-state index contributed by atoms with van der Waals surface area (Å²) in [5.74, 6) is 0.0968. The van der Waals surface area contributed by atoms with Crippen molar-refractivity contribution in [2.75, 3.05) is 13.7 Å². The van der Waals surface area contributed by atoms with Gasteiger partial charge in [-0.05, 0) is 373 Å². The first-order valence-corrected chi connectivity index (χ1v) is 48.7. The van der Waals surface area contributed by atoms with E-state index >= 15 is 0 Å². The van der Waals surface area contributed by atoms with Crippen molar-refractivity contribution in [2.24, 2.45) is 17.6 Å². The first-order chi connectivity index (χ1) is 64.2. The summed E-state index contributed by atoms with van der Waals surface area (Å²) in [6, 6.07) is 47.5. The number of carbonyl (C=O) groups excluding carboxylic acids is 1. The van der Waals surface area contributed by atoms with Gasteiger partial charge in [-0.1, -0.05) is 127 Å². The minimum atomic E-state index is -1.43. The van der Waals surface area contributed by atoms with Crippen molar-refractivity contribution in [3.05, 3.63) is 292 Å². The molecule has 5 heterocycles. The first-order valence-electron chi connectivity index (χ1n) is 46.8. The summed E-state index contributed by atoms with van der Waals surface area (Å²) in [5, 5.41) is 73.3. The van der Waals surface area contributed by atoms with Crippen molar-refractivity contribution in [1.82, 2.24) is 24.9 Å². The van der Waals surface area contributed by atoms with Gasteiger partial charge in [0.1, 0.15) is 51.5 Å². The van der Waals surface area contributed by atoms with Gasteiger partial charge < -0.3 is 51.0 Å². The fourth-order valence-electron chi connectivity index (χ4n) is 19.2. The Morgan fingerprint density at radius 3 is 0.964 bits per heavy atom. The SMILES string of the molecule is C=C(C)c1cc(C2(C)CC(C)C2)cc(-c2ccc(F)c(Cl)c2)n1.CC(O)(CN)c1cc(C2(C)CC(O)C2)cc(-c2ccc(F)c(Cl)c2)n1.CCC(C)(O)c1cc(C2(C)CC(C)C2)cc(-c2ccc(F)c(Cl)c2)n1.CCC(C)(O)c1cc(C2(C)CC(O)C2)cc(-c2ccc(F)c(Cl)c2)n1.COc1cc(C(=O)CCC(C)(O)c2cc(C3(C)CC(O)C3)cc(-c3ccc(F)c(Cl)c3)n2)ccc1OC1CC1. The van der Waals surface area contributed by atoms with Crippen LogP contribution in [0.5, 0.6) is 11.5 Å². The summed E-state index contributed by atoms with van der Waals surface area (Å²) in [4.78, 5) is 36.3. The van der Waals surface area contributed by atoms with E-state index in [9.17, 15) is 62.5 Å². The Hall–Kier alpha value is -9.14. The standard InChI is InChI=1S/C31H33ClFNO5.C21H25ClFNO.C20H23ClFNO2.C20H21ClFN.C19H22ClFN2O2/c1-30(16-21(35)17-30)20-14-25(18-4-8-24(33)23(32)12-18)34-29(15-20)31(2,37)11-10-26(36)19-5-9-27(28(13-19)38-3)39-22-6-7-22;1-5-21(4,25)19-10-15(20(3)11-13(2)12-20)9-18(24-19)14-6-7-17(23)16(22)8-14;1-4-20(3,25)18-9-13(19(2)10-14(24)11-19)8-17(23-18)12-5-6-16(22)15(21)7-12;1-12(2)18-8-15(20(4)10-13(3)11-20)9-19(23-18)14-5-6-17(22)16(21)7-14;1-18(8-13(24)9-18)12-6-16(11-3-4-15(21)14(20)5-11)23-17(7-12)19(2,25)10-22/h4-5,8-9,12-15,21-22,35,37H,6-7,10-11,16-17H2,1-3H3;6-10,13,25H,5,11-12H2,1-4H3;5-9,14,24-25H,4,10-11H2,1-3H3;5-9,13H,1,10-11H2,2-4H3;3-7,13,24-25H,8-10,22H2,1-2H3. The zero-order chi connectivity index (χ0) is 99.9. The predicted octanol–water partition coefficient (Wildman–Crippen LogP) is 26.2. The van der Waals surface area contributed by atoms with Crippen LogP contribution in [0.3, 0.4) is 0 Å². The van der Waals surface area contributed by atoms with E-state index in [2.05, 4.69) is 93.2 Å². The van der Waals surface area contributed by atoms with E-state index in [0.29, 0.717) is 131 Å². The zero-order valence-electron chi connectivity index (χ0n) is 80.3. The van der Waals surface area contributed by atoms with Crippen molar-refractivity contribution in [1.29, 1.82) is 0 Å². The average Bonchev–Trinajstić information content (AvgIpc) is 0.893. The molecule has 11 aromatic rings. The van der Waals surface area contributed by atoms with Crippen LogP contribution in [0.4, 0.5) is 22.0 Å². The van der Waals surface area contributed by atoms with Gasteiger partial charge in [-0.3, -0.25) is 4.79 Å². The molecule has 0 aliphatic heterocycles. The second-order valence-electron chi connectivity index (χ2n) is 41.2. The molecule has 0 radical (unpaired) electrons. The predicted molar refractivity (Wildman–Crippen MR) is 535 cm³/mol. The Bertz CT molecular complexity index is 5980. The van der Waals surface area contributed by atoms with Crippen LogP contribution in [0.15, 0.2) is 176 Å². The number of aliphatic hydroxyl groups is 7. The van der Waals surface area contributed by atoms with Gasteiger partial charge in [-0.2, -0.15) is 0 Å². The summed E-state index contributed by atoms with van der Waals surface area (Å²) in [6.45, 7) is 31.9. The number of hydrogen-bond donors (Lipinski definition) is 8. The molecule has 0 amide bonds. The fraction of sp³-hybridized carbons (Fsp3) is 0.423. The molecule has 137 heavy (non-hydrogen) atoms. The number of ether oxygens (including phenoxy) is 2. The number of methoxy groups -OCH3 is 1. The summed E-state index contributed by atoms with van der Waals surface area (Å²) in [7, 11) is 1.54. The van der Waals surface area contributed by atoms with Gasteiger partial charge in [0.05, 0.1) is 114 Å². The van der Waals surface area contributed by atoms with Crippen molar-refractivity contribution in [3.8, 4) is 67.8 Å². The van der Waals surface area contributed by atoms with Gasteiger partial charge >= 0.3 is 0 Å². The lowest BCUT2D eigenvalue weighted by Crippen LogP contribution is -2.42. The number of carbonyl (C=O) groups is 1. The highest BCUT2D eigenvalue weighted by molar-refractivity contribution is 6.32. The molecular formula is C111H124Cl5F5N6O10. The molecule has 9 N–H and O–H groups in total. The highest BCUT2D eigenvalue weighted by atomic mass is 35.5. The molecule has 26 heteroatoms. The van der Waals surface area contributed by atoms with Crippen LogP contribution in [-0.2, 0) is 49.5 Å². The van der Waals surface area contributed by atoms with Gasteiger partial charge in [-0.25, -0.2) is 46.9 Å². The molecule has 0 spiro atoms. The third kappa shape index (κ3) is 24.4. The highest BCUT2D eigenvalue weighted by Gasteiger charge is 2.47. The average molecular weight is 1970 g/mol. The van der Waals surface area contributed by atoms with Gasteiger partial charge in [0.15, 0.2) is 17.3 Å². The molecule has 0 saturated heterocycles. The van der Waals surface area contributed by atoms with Crippen LogP contribution in [0.25, 0.3) is 61.9 Å². The number of rotatable bonds is 25. The number of ketones is 1. The number of pyridine rings is 5. The lowest BCUT2D eigenvalue weighted by atomic mass is 9.60. The van der Waals surface area contributed by atoms with Crippen LogP contribution < -0.4 is 15.2 Å². The molecule has 6 saturated carbocycles. The van der Waals surface area contributed by atoms with Crippen molar-refractivity contribution >= 4 is 69.4 Å². The quantitative estimate of drug-likeness (QED) is 0.0195. The summed E-state index contributed by atoms with van der Waals surface area (Å²) < 4.78 is 79.0. The molecule has 6 aliphatic carbocycles. The van der Waals surface area contributed by atoms with Gasteiger partial charge in [0, 0.05) is 46.3 Å². The van der Waals surface area contributed by atoms with Crippen molar-refractivity contribution in [2.45, 2.75) is 274 Å². The Morgan fingerprint density at radius 1 is 0.416 bits per heavy atom. The number of benzene rings is 6. The van der Waals surface area contributed by atoms with Gasteiger partial charge in [0.25, 0.3) is 0 Å². The molecule has 6 aromatic carbocycles. The minimum Gasteiger partial charge on any atom is -0.493 e. The number of nitrogens with two attached hydrogens (primary N) is 1. The molecule has 4 atom stereocenters. The second-order valence-corrected chi connectivity index (χ2v) is 43.2. The second kappa shape index (κ2) is 41.6. The summed E-state index contributed by atoms with van der Waals surface area (Å²) in [5.41, 5.74) is 17.2. The van der Waals surface area contributed by atoms with Crippen LogP contribution in [0.2, 0.25) is 25.1 Å².